The molecule has 0 aliphatic carbocycles. The number of piperidine rings is 1. The fourth-order valence-corrected chi connectivity index (χ4v) is 4.96. The Morgan fingerprint density at radius 2 is 1.85 bits per heavy atom. The highest BCUT2D eigenvalue weighted by molar-refractivity contribution is 5.71. The van der Waals surface area contributed by atoms with Gasteiger partial charge in [0, 0.05) is 37.1 Å². The van der Waals surface area contributed by atoms with E-state index in [1.807, 2.05) is 0 Å². The summed E-state index contributed by atoms with van der Waals surface area (Å²) in [6, 6.07) is 9.28. The zero-order valence-corrected chi connectivity index (χ0v) is 20.0. The molecular formula is C26H37N5O3. The average Bonchev–Trinajstić information content (AvgIpc) is 2.85. The fourth-order valence-electron chi connectivity index (χ4n) is 4.96. The Bertz CT molecular complexity index is 908. The van der Waals surface area contributed by atoms with Crippen molar-refractivity contribution >= 4 is 11.9 Å². The normalized spacial score (nSPS) is 20.9. The Labute approximate surface area is 202 Å². The van der Waals surface area contributed by atoms with Crippen LogP contribution >= 0.6 is 0 Å². The molecule has 1 aromatic heterocycles. The zero-order valence-electron chi connectivity index (χ0n) is 20.0. The Kier molecular flexibility index (Phi) is 9.10. The minimum absolute atomic E-state index is 0.193. The van der Waals surface area contributed by atoms with E-state index < -0.39 is 5.97 Å². The van der Waals surface area contributed by atoms with Crippen LogP contribution in [0.5, 0.6) is 5.75 Å². The van der Waals surface area contributed by atoms with Gasteiger partial charge in [0.1, 0.15) is 18.9 Å². The number of hydrogen-bond donors (Lipinski definition) is 2. The highest BCUT2D eigenvalue weighted by Crippen LogP contribution is 2.23. The number of carbonyl (C=O) groups is 1. The van der Waals surface area contributed by atoms with Gasteiger partial charge in [0.2, 0.25) is 5.95 Å². The van der Waals surface area contributed by atoms with Crippen molar-refractivity contribution in [1.82, 2.24) is 19.8 Å². The molecule has 0 radical (unpaired) electrons. The van der Waals surface area contributed by atoms with E-state index in [1.54, 1.807) is 12.4 Å². The topological polar surface area (TPSA) is 90.8 Å². The van der Waals surface area contributed by atoms with Crippen molar-refractivity contribution in [3.8, 4) is 5.75 Å². The van der Waals surface area contributed by atoms with Crippen LogP contribution in [0, 0.1) is 0 Å². The van der Waals surface area contributed by atoms with E-state index >= 15 is 0 Å². The van der Waals surface area contributed by atoms with Gasteiger partial charge in [-0.25, -0.2) is 9.97 Å². The molecular weight excluding hydrogens is 430 g/mol. The minimum Gasteiger partial charge on any atom is -0.492 e. The maximum atomic E-state index is 10.7. The second-order valence-corrected chi connectivity index (χ2v) is 9.37. The minimum atomic E-state index is -0.935. The predicted molar refractivity (Wildman–Crippen MR) is 132 cm³/mol. The molecule has 0 spiro atoms. The van der Waals surface area contributed by atoms with Crippen LogP contribution in [0.3, 0.4) is 0 Å². The van der Waals surface area contributed by atoms with E-state index in [1.165, 1.54) is 50.8 Å². The number of aryl methyl sites for hydroxylation is 1. The number of carboxylic acids is 1. The second-order valence-electron chi connectivity index (χ2n) is 9.37. The van der Waals surface area contributed by atoms with Crippen LogP contribution in [-0.4, -0.2) is 76.2 Å². The van der Waals surface area contributed by atoms with Crippen LogP contribution in [0.1, 0.15) is 49.7 Å². The molecule has 8 heteroatoms. The molecule has 8 nitrogen and oxygen atoms in total. The van der Waals surface area contributed by atoms with E-state index in [0.29, 0.717) is 18.6 Å². The Balaban J connectivity index is 1.39. The summed E-state index contributed by atoms with van der Waals surface area (Å²) >= 11 is 0. The smallest absolute Gasteiger partial charge is 0.322 e. The summed E-state index contributed by atoms with van der Waals surface area (Å²) in [5.74, 6) is 0.350. The first kappa shape index (κ1) is 24.4. The van der Waals surface area contributed by atoms with Gasteiger partial charge in [-0.05, 0) is 75.9 Å². The number of hydrogen-bond acceptors (Lipinski definition) is 7. The molecule has 0 saturated carbocycles. The summed E-state index contributed by atoms with van der Waals surface area (Å²) in [5, 5.41) is 11.5. The average molecular weight is 468 g/mol. The number of aromatic nitrogens is 2. The lowest BCUT2D eigenvalue weighted by atomic mass is 9.95. The molecule has 2 bridgehead atoms. The Morgan fingerprint density at radius 1 is 1.06 bits per heavy atom. The number of anilines is 1. The van der Waals surface area contributed by atoms with Crippen molar-refractivity contribution in [2.45, 2.75) is 57.5 Å². The van der Waals surface area contributed by atoms with Crippen molar-refractivity contribution in [2.75, 3.05) is 44.6 Å². The molecule has 2 aliphatic rings. The first-order valence-electron chi connectivity index (χ1n) is 12.6. The summed E-state index contributed by atoms with van der Waals surface area (Å²) in [6.45, 7) is 5.43. The standard InChI is InChI=1S/C26H37N5O3/c32-25(33)19-29-26-27-17-22(18-28-26)20-30-11-3-4-13-31-12-2-1-7-23(31)10-9-21-6-5-8-24(16-21)34-15-14-30/h5-6,8,16-18,23H,1-4,7,9-15,19-20H2,(H,32,33)(H,27,28,29). The number of ether oxygens (including phenoxy) is 1. The van der Waals surface area contributed by atoms with Crippen molar-refractivity contribution in [2.24, 2.45) is 0 Å². The molecule has 1 atom stereocenters. The lowest BCUT2D eigenvalue weighted by Gasteiger charge is -2.36. The van der Waals surface area contributed by atoms with Crippen LogP contribution in [0.15, 0.2) is 36.7 Å². The van der Waals surface area contributed by atoms with Gasteiger partial charge in [0.25, 0.3) is 0 Å². The summed E-state index contributed by atoms with van der Waals surface area (Å²) in [7, 11) is 0. The highest BCUT2D eigenvalue weighted by atomic mass is 16.5. The second kappa shape index (κ2) is 12.7. The molecule has 1 unspecified atom stereocenters. The van der Waals surface area contributed by atoms with Crippen LogP contribution in [0.25, 0.3) is 0 Å². The maximum Gasteiger partial charge on any atom is 0.322 e. The highest BCUT2D eigenvalue weighted by Gasteiger charge is 2.22. The van der Waals surface area contributed by atoms with E-state index in [0.717, 1.165) is 43.8 Å². The van der Waals surface area contributed by atoms with Gasteiger partial charge in [-0.15, -0.1) is 0 Å². The lowest BCUT2D eigenvalue weighted by Crippen LogP contribution is -2.40. The van der Waals surface area contributed by atoms with Gasteiger partial charge in [-0.2, -0.15) is 0 Å². The first-order valence-corrected chi connectivity index (χ1v) is 12.6. The molecule has 184 valence electrons. The summed E-state index contributed by atoms with van der Waals surface area (Å²) in [4.78, 5) is 24.4. The molecule has 3 heterocycles. The van der Waals surface area contributed by atoms with Crippen molar-refractivity contribution < 1.29 is 14.6 Å². The first-order chi connectivity index (χ1) is 16.7. The van der Waals surface area contributed by atoms with Gasteiger partial charge >= 0.3 is 5.97 Å². The van der Waals surface area contributed by atoms with E-state index in [4.69, 9.17) is 9.84 Å². The quantitative estimate of drug-likeness (QED) is 0.691. The molecule has 1 aromatic carbocycles. The number of aliphatic carboxylic acids is 1. The third-order valence-electron chi connectivity index (χ3n) is 6.77. The van der Waals surface area contributed by atoms with Crippen molar-refractivity contribution in [3.63, 3.8) is 0 Å². The molecule has 4 rings (SSSR count). The number of benzene rings is 1. The number of nitrogens with zero attached hydrogens (tertiary/aromatic N) is 4. The lowest BCUT2D eigenvalue weighted by molar-refractivity contribution is -0.134. The zero-order chi connectivity index (χ0) is 23.6. The van der Waals surface area contributed by atoms with Crippen LogP contribution in [0.2, 0.25) is 0 Å². The van der Waals surface area contributed by atoms with Crippen molar-refractivity contribution in [3.05, 3.63) is 47.8 Å². The number of nitrogens with one attached hydrogen (secondary N) is 1. The van der Waals surface area contributed by atoms with Crippen LogP contribution < -0.4 is 10.1 Å². The summed E-state index contributed by atoms with van der Waals surface area (Å²) in [5.41, 5.74) is 2.38. The van der Waals surface area contributed by atoms with Crippen LogP contribution in [0.4, 0.5) is 5.95 Å². The van der Waals surface area contributed by atoms with Gasteiger partial charge in [-0.1, -0.05) is 18.6 Å². The Morgan fingerprint density at radius 3 is 2.68 bits per heavy atom. The van der Waals surface area contributed by atoms with Crippen LogP contribution in [-0.2, 0) is 17.8 Å². The van der Waals surface area contributed by atoms with Gasteiger partial charge in [0.05, 0.1) is 0 Å². The monoisotopic (exact) mass is 467 g/mol. The maximum absolute atomic E-state index is 10.7. The van der Waals surface area contributed by atoms with Gasteiger partial charge < -0.3 is 20.1 Å². The predicted octanol–water partition coefficient (Wildman–Crippen LogP) is 3.44. The number of rotatable bonds is 5. The van der Waals surface area contributed by atoms with E-state index in [-0.39, 0.29) is 6.54 Å². The fraction of sp³-hybridized carbons (Fsp3) is 0.577. The third kappa shape index (κ3) is 7.67. The summed E-state index contributed by atoms with van der Waals surface area (Å²) in [6.07, 6.45) is 12.2. The van der Waals surface area contributed by atoms with Crippen molar-refractivity contribution in [1.29, 1.82) is 0 Å². The number of carboxylic acid groups (broad SMARTS) is 1. The molecule has 1 saturated heterocycles. The SMILES string of the molecule is O=C(O)CNc1ncc(CN2CCCCN3CCCCC3CCc3cccc(c3)OCC2)cn1. The van der Waals surface area contributed by atoms with E-state index in [2.05, 4.69) is 49.4 Å². The molecule has 1 fully saturated rings. The third-order valence-corrected chi connectivity index (χ3v) is 6.77. The Hall–Kier alpha value is -2.71. The largest absolute Gasteiger partial charge is 0.492 e. The van der Waals surface area contributed by atoms with E-state index in [9.17, 15) is 4.79 Å². The molecule has 0 amide bonds. The molecule has 34 heavy (non-hydrogen) atoms. The summed E-state index contributed by atoms with van der Waals surface area (Å²) < 4.78 is 6.12. The molecule has 2 aliphatic heterocycles. The molecule has 2 N–H and O–H groups in total. The molecule has 2 aromatic rings. The van der Waals surface area contributed by atoms with Gasteiger partial charge in [-0.3, -0.25) is 9.69 Å². The number of fused-ring (bicyclic) bond motifs is 3. The van der Waals surface area contributed by atoms with Gasteiger partial charge in [0.15, 0.2) is 0 Å².